The van der Waals surface area contributed by atoms with Gasteiger partial charge in [0.15, 0.2) is 0 Å². The van der Waals surface area contributed by atoms with E-state index in [1.165, 1.54) is 12.1 Å². The first-order chi connectivity index (χ1) is 11.9. The molecule has 0 heterocycles. The Bertz CT molecular complexity index is 784. The van der Waals surface area contributed by atoms with Crippen LogP contribution in [0.1, 0.15) is 17.5 Å². The van der Waals surface area contributed by atoms with E-state index in [1.54, 1.807) is 24.3 Å². The highest BCUT2D eigenvalue weighted by Crippen LogP contribution is 2.14. The number of ether oxygens (including phenoxy) is 1. The lowest BCUT2D eigenvalue weighted by molar-refractivity contribution is -0.147. The smallest absolute Gasteiger partial charge is 0.308 e. The molecule has 0 saturated carbocycles. The normalized spacial score (nSPS) is 12.6. The highest BCUT2D eigenvalue weighted by Gasteiger charge is 2.19. The van der Waals surface area contributed by atoms with Gasteiger partial charge in [-0.3, -0.25) is 8.98 Å². The summed E-state index contributed by atoms with van der Waals surface area (Å²) >= 11 is 0. The first-order valence-electron chi connectivity index (χ1n) is 7.70. The number of hydrogen-bond acceptors (Lipinski definition) is 6. The van der Waals surface area contributed by atoms with E-state index in [0.29, 0.717) is 0 Å². The van der Waals surface area contributed by atoms with Crippen LogP contribution in [0.15, 0.2) is 59.5 Å². The Labute approximate surface area is 147 Å². The summed E-state index contributed by atoms with van der Waals surface area (Å²) in [6.45, 7) is 1.41. The molecule has 2 aromatic rings. The third-order valence-corrected chi connectivity index (χ3v) is 4.67. The molecule has 2 aromatic carbocycles. The number of hydrogen-bond donors (Lipinski definition) is 1. The van der Waals surface area contributed by atoms with Crippen LogP contribution in [0.2, 0.25) is 0 Å². The Kier molecular flexibility index (Phi) is 6.69. The minimum atomic E-state index is -3.98. The first-order valence-corrected chi connectivity index (χ1v) is 9.11. The van der Waals surface area contributed by atoms with Crippen molar-refractivity contribution in [2.75, 3.05) is 6.61 Å². The maximum Gasteiger partial charge on any atom is 0.308 e. The van der Waals surface area contributed by atoms with E-state index in [9.17, 15) is 18.3 Å². The minimum absolute atomic E-state index is 0.00282. The van der Waals surface area contributed by atoms with Crippen LogP contribution >= 0.6 is 0 Å². The van der Waals surface area contributed by atoms with Crippen molar-refractivity contribution in [1.82, 2.24) is 0 Å². The molecule has 0 aliphatic carbocycles. The Morgan fingerprint density at radius 2 is 1.72 bits per heavy atom. The fourth-order valence-electron chi connectivity index (χ4n) is 1.99. The molecule has 0 saturated heterocycles. The molecule has 0 radical (unpaired) electrons. The Morgan fingerprint density at radius 3 is 2.36 bits per heavy atom. The van der Waals surface area contributed by atoms with Crippen LogP contribution in [0, 0.1) is 6.92 Å². The lowest BCUT2D eigenvalue weighted by Gasteiger charge is -2.11. The quantitative estimate of drug-likeness (QED) is 0.570. The average Bonchev–Trinajstić information content (AvgIpc) is 2.60. The zero-order chi connectivity index (χ0) is 18.3. The largest absolute Gasteiger partial charge is 0.461 e. The van der Waals surface area contributed by atoms with Crippen LogP contribution in [0.3, 0.4) is 0 Å². The monoisotopic (exact) mass is 364 g/mol. The molecule has 0 unspecified atom stereocenters. The van der Waals surface area contributed by atoms with Gasteiger partial charge in [0.25, 0.3) is 10.1 Å². The molecular weight excluding hydrogens is 344 g/mol. The number of carbonyl (C=O) groups excluding carboxylic acids is 1. The number of carbonyl (C=O) groups is 1. The van der Waals surface area contributed by atoms with E-state index in [4.69, 9.17) is 8.92 Å². The van der Waals surface area contributed by atoms with E-state index in [2.05, 4.69) is 0 Å². The molecule has 0 aliphatic rings. The minimum Gasteiger partial charge on any atom is -0.461 e. The topological polar surface area (TPSA) is 89.9 Å². The van der Waals surface area contributed by atoms with Crippen molar-refractivity contribution in [1.29, 1.82) is 0 Å². The lowest BCUT2D eigenvalue weighted by atomic mass is 10.2. The van der Waals surface area contributed by atoms with Crippen LogP contribution in [0.4, 0.5) is 0 Å². The zero-order valence-corrected chi connectivity index (χ0v) is 14.6. The third kappa shape index (κ3) is 6.30. The molecule has 6 nitrogen and oxygen atoms in total. The van der Waals surface area contributed by atoms with Crippen molar-refractivity contribution in [3.05, 3.63) is 65.7 Å². The molecule has 0 spiro atoms. The Balaban J connectivity index is 1.78. The van der Waals surface area contributed by atoms with E-state index >= 15 is 0 Å². The van der Waals surface area contributed by atoms with Crippen LogP contribution < -0.4 is 0 Å². The van der Waals surface area contributed by atoms with Gasteiger partial charge in [0.05, 0.1) is 24.0 Å². The van der Waals surface area contributed by atoms with Gasteiger partial charge < -0.3 is 9.84 Å². The molecule has 2 rings (SSSR count). The number of rotatable bonds is 8. The predicted octanol–water partition coefficient (Wildman–Crippen LogP) is 2.19. The molecule has 25 heavy (non-hydrogen) atoms. The molecule has 134 valence electrons. The summed E-state index contributed by atoms with van der Waals surface area (Å²) < 4.78 is 33.8. The number of aliphatic hydroxyl groups excluding tert-OH is 1. The van der Waals surface area contributed by atoms with Gasteiger partial charge in [-0.05, 0) is 24.6 Å². The summed E-state index contributed by atoms with van der Waals surface area (Å²) in [5.41, 5.74) is 1.74. The average molecular weight is 364 g/mol. The van der Waals surface area contributed by atoms with Gasteiger partial charge >= 0.3 is 5.97 Å². The van der Waals surface area contributed by atoms with Crippen LogP contribution in [0.25, 0.3) is 0 Å². The van der Waals surface area contributed by atoms with Gasteiger partial charge in [0, 0.05) is 0 Å². The Morgan fingerprint density at radius 1 is 1.08 bits per heavy atom. The lowest BCUT2D eigenvalue weighted by Crippen LogP contribution is -2.23. The fraction of sp³-hybridized carbons (Fsp3) is 0.278. The fourth-order valence-corrected chi connectivity index (χ4v) is 2.93. The highest BCUT2D eigenvalue weighted by molar-refractivity contribution is 7.86. The number of benzene rings is 2. The van der Waals surface area contributed by atoms with E-state index in [0.717, 1.165) is 11.1 Å². The van der Waals surface area contributed by atoms with Crippen molar-refractivity contribution in [3.63, 3.8) is 0 Å². The zero-order valence-electron chi connectivity index (χ0n) is 13.8. The van der Waals surface area contributed by atoms with Gasteiger partial charge in [0.1, 0.15) is 6.61 Å². The summed E-state index contributed by atoms with van der Waals surface area (Å²) in [6.07, 6.45) is -1.63. The second-order valence-electron chi connectivity index (χ2n) is 5.56. The summed E-state index contributed by atoms with van der Waals surface area (Å²) in [4.78, 5) is 11.7. The summed E-state index contributed by atoms with van der Waals surface area (Å²) in [5, 5.41) is 9.78. The van der Waals surface area contributed by atoms with Crippen molar-refractivity contribution < 1.29 is 27.2 Å². The number of aryl methyl sites for hydroxylation is 1. The van der Waals surface area contributed by atoms with Crippen LogP contribution in [-0.4, -0.2) is 32.2 Å². The molecule has 0 fully saturated rings. The molecule has 0 aromatic heterocycles. The molecule has 1 atom stereocenters. The van der Waals surface area contributed by atoms with Crippen molar-refractivity contribution in [2.45, 2.75) is 31.0 Å². The Hall–Kier alpha value is -2.22. The predicted molar refractivity (Wildman–Crippen MR) is 91.2 cm³/mol. The molecule has 0 aliphatic heterocycles. The number of esters is 1. The second-order valence-corrected chi connectivity index (χ2v) is 7.17. The van der Waals surface area contributed by atoms with Crippen LogP contribution in [0.5, 0.6) is 0 Å². The maximum absolute atomic E-state index is 12.0. The standard InChI is InChI=1S/C18H20O6S/c1-14-7-9-17(10-8-14)25(21,22)24-13-16(19)11-18(20)23-12-15-5-3-2-4-6-15/h2-10,16,19H,11-13H2,1H3/t16-/m1/s1. The summed E-state index contributed by atoms with van der Waals surface area (Å²) in [6, 6.07) is 15.2. The summed E-state index contributed by atoms with van der Waals surface area (Å²) in [7, 11) is -3.98. The molecule has 0 bridgehead atoms. The molecule has 7 heteroatoms. The second kappa shape index (κ2) is 8.75. The summed E-state index contributed by atoms with van der Waals surface area (Å²) in [5.74, 6) is -0.632. The van der Waals surface area contributed by atoms with Gasteiger partial charge in [-0.2, -0.15) is 8.42 Å². The highest BCUT2D eigenvalue weighted by atomic mass is 32.2. The van der Waals surface area contributed by atoms with Gasteiger partial charge in [-0.1, -0.05) is 48.0 Å². The van der Waals surface area contributed by atoms with Crippen molar-refractivity contribution in [2.24, 2.45) is 0 Å². The van der Waals surface area contributed by atoms with E-state index in [-0.39, 0.29) is 17.9 Å². The maximum atomic E-state index is 12.0. The van der Waals surface area contributed by atoms with Gasteiger partial charge in [-0.25, -0.2) is 0 Å². The van der Waals surface area contributed by atoms with Crippen molar-refractivity contribution >= 4 is 16.1 Å². The molecule has 1 N–H and O–H groups in total. The number of aliphatic hydroxyl groups is 1. The first kappa shape index (κ1) is 19.1. The van der Waals surface area contributed by atoms with E-state index in [1.807, 2.05) is 25.1 Å². The van der Waals surface area contributed by atoms with Crippen LogP contribution in [-0.2, 0) is 30.4 Å². The van der Waals surface area contributed by atoms with Gasteiger partial charge in [0.2, 0.25) is 0 Å². The van der Waals surface area contributed by atoms with E-state index < -0.39 is 28.8 Å². The third-order valence-electron chi connectivity index (χ3n) is 3.37. The van der Waals surface area contributed by atoms with Crippen molar-refractivity contribution in [3.8, 4) is 0 Å². The SMILES string of the molecule is Cc1ccc(S(=O)(=O)OC[C@H](O)CC(=O)OCc2ccccc2)cc1. The molecule has 0 amide bonds. The van der Waals surface area contributed by atoms with Gasteiger partial charge in [-0.15, -0.1) is 0 Å². The molecular formula is C18H20O6S.